The molecule has 4 N–H and O–H groups in total. The number of anilines is 1. The van der Waals surface area contributed by atoms with Crippen LogP contribution in [0.4, 0.5) is 5.69 Å². The second kappa shape index (κ2) is 4.56. The van der Waals surface area contributed by atoms with Gasteiger partial charge in [0.2, 0.25) is 0 Å². The lowest BCUT2D eigenvalue weighted by atomic mass is 10.1. The average Bonchev–Trinajstić information content (AvgIpc) is 2.61. The van der Waals surface area contributed by atoms with Crippen molar-refractivity contribution >= 4 is 17.5 Å². The van der Waals surface area contributed by atoms with Gasteiger partial charge in [-0.1, -0.05) is 0 Å². The van der Waals surface area contributed by atoms with Crippen molar-refractivity contribution in [3.05, 3.63) is 23.8 Å². The van der Waals surface area contributed by atoms with Crippen molar-refractivity contribution < 1.29 is 14.3 Å². The Labute approximate surface area is 104 Å². The summed E-state index contributed by atoms with van der Waals surface area (Å²) in [7, 11) is 1.71. The van der Waals surface area contributed by atoms with Gasteiger partial charge in [0.1, 0.15) is 5.75 Å². The lowest BCUT2D eigenvalue weighted by Gasteiger charge is -2.15. The van der Waals surface area contributed by atoms with Gasteiger partial charge in [0, 0.05) is 31.8 Å². The Morgan fingerprint density at radius 3 is 2.78 bits per heavy atom. The summed E-state index contributed by atoms with van der Waals surface area (Å²) < 4.78 is 5.56. The van der Waals surface area contributed by atoms with Crippen LogP contribution in [0.5, 0.6) is 5.75 Å². The molecule has 1 heterocycles. The number of hydrogen-bond donors (Lipinski definition) is 2. The first-order valence-corrected chi connectivity index (χ1v) is 5.60. The SMILES string of the molecule is CN1CCC(Oc2cc(N)ccc2C(N)=O)C1=O. The van der Waals surface area contributed by atoms with E-state index in [1.165, 1.54) is 12.1 Å². The van der Waals surface area contributed by atoms with Crippen LogP contribution in [0.25, 0.3) is 0 Å². The van der Waals surface area contributed by atoms with Crippen molar-refractivity contribution in [1.29, 1.82) is 0 Å². The van der Waals surface area contributed by atoms with E-state index in [0.29, 0.717) is 18.7 Å². The molecular formula is C12H15N3O3. The number of amides is 2. The van der Waals surface area contributed by atoms with Crippen LogP contribution in [0.3, 0.4) is 0 Å². The van der Waals surface area contributed by atoms with E-state index in [0.717, 1.165) is 0 Å². The number of likely N-dealkylation sites (N-methyl/N-ethyl adjacent to an activating group) is 1. The Morgan fingerprint density at radius 1 is 1.50 bits per heavy atom. The highest BCUT2D eigenvalue weighted by Crippen LogP contribution is 2.25. The third kappa shape index (κ3) is 2.22. The zero-order valence-corrected chi connectivity index (χ0v) is 10.1. The van der Waals surface area contributed by atoms with Crippen LogP contribution < -0.4 is 16.2 Å². The minimum absolute atomic E-state index is 0.104. The van der Waals surface area contributed by atoms with Gasteiger partial charge >= 0.3 is 0 Å². The summed E-state index contributed by atoms with van der Waals surface area (Å²) in [4.78, 5) is 24.6. The Kier molecular flexibility index (Phi) is 3.10. The number of nitrogens with two attached hydrogens (primary N) is 2. The number of rotatable bonds is 3. The fraction of sp³-hybridized carbons (Fsp3) is 0.333. The molecule has 1 aliphatic heterocycles. The number of carbonyl (C=O) groups excluding carboxylic acids is 2. The summed E-state index contributed by atoms with van der Waals surface area (Å²) in [6, 6.07) is 4.57. The molecule has 1 atom stereocenters. The summed E-state index contributed by atoms with van der Waals surface area (Å²) >= 11 is 0. The molecule has 0 saturated carbocycles. The zero-order chi connectivity index (χ0) is 13.3. The molecule has 0 bridgehead atoms. The van der Waals surface area contributed by atoms with Gasteiger partial charge in [-0.2, -0.15) is 0 Å². The number of carbonyl (C=O) groups is 2. The summed E-state index contributed by atoms with van der Waals surface area (Å²) in [5.74, 6) is -0.451. The lowest BCUT2D eigenvalue weighted by Crippen LogP contribution is -2.30. The summed E-state index contributed by atoms with van der Waals surface area (Å²) in [5, 5.41) is 0. The number of benzene rings is 1. The van der Waals surface area contributed by atoms with Gasteiger partial charge in [0.15, 0.2) is 6.10 Å². The third-order valence-corrected chi connectivity index (χ3v) is 2.92. The lowest BCUT2D eigenvalue weighted by molar-refractivity contribution is -0.132. The van der Waals surface area contributed by atoms with E-state index in [9.17, 15) is 9.59 Å². The molecule has 1 aliphatic rings. The molecule has 1 saturated heterocycles. The third-order valence-electron chi connectivity index (χ3n) is 2.92. The van der Waals surface area contributed by atoms with E-state index in [1.54, 1.807) is 18.0 Å². The van der Waals surface area contributed by atoms with Gasteiger partial charge in [-0.3, -0.25) is 9.59 Å². The topological polar surface area (TPSA) is 98.7 Å². The van der Waals surface area contributed by atoms with Crippen LogP contribution in [0.2, 0.25) is 0 Å². The Morgan fingerprint density at radius 2 is 2.22 bits per heavy atom. The minimum Gasteiger partial charge on any atom is -0.480 e. The fourth-order valence-electron chi connectivity index (χ4n) is 1.89. The highest BCUT2D eigenvalue weighted by molar-refractivity contribution is 5.96. The van der Waals surface area contributed by atoms with Gasteiger partial charge in [-0.05, 0) is 12.1 Å². The maximum absolute atomic E-state index is 11.7. The standard InChI is InChI=1S/C12H15N3O3/c1-15-5-4-9(12(15)17)18-10-6-7(13)2-3-8(10)11(14)16/h2-3,6,9H,4-5,13H2,1H3,(H2,14,16). The first-order chi connectivity index (χ1) is 8.49. The molecule has 0 aliphatic carbocycles. The van der Waals surface area contributed by atoms with Gasteiger partial charge < -0.3 is 21.1 Å². The Bertz CT molecular complexity index is 501. The number of primary amides is 1. The number of nitrogens with zero attached hydrogens (tertiary/aromatic N) is 1. The molecule has 6 heteroatoms. The van der Waals surface area contributed by atoms with E-state index >= 15 is 0 Å². The van der Waals surface area contributed by atoms with Gasteiger partial charge in [-0.25, -0.2) is 0 Å². The molecule has 6 nitrogen and oxygen atoms in total. The van der Waals surface area contributed by atoms with Crippen molar-refractivity contribution in [3.8, 4) is 5.75 Å². The van der Waals surface area contributed by atoms with E-state index in [1.807, 2.05) is 0 Å². The van der Waals surface area contributed by atoms with Crippen LogP contribution in [-0.2, 0) is 4.79 Å². The van der Waals surface area contributed by atoms with Crippen LogP contribution in [-0.4, -0.2) is 36.4 Å². The zero-order valence-electron chi connectivity index (χ0n) is 10.1. The van der Waals surface area contributed by atoms with E-state index in [-0.39, 0.29) is 17.2 Å². The highest BCUT2D eigenvalue weighted by Gasteiger charge is 2.31. The maximum Gasteiger partial charge on any atom is 0.263 e. The van der Waals surface area contributed by atoms with E-state index < -0.39 is 12.0 Å². The van der Waals surface area contributed by atoms with Crippen molar-refractivity contribution in [2.24, 2.45) is 5.73 Å². The summed E-state index contributed by atoms with van der Waals surface area (Å²) in [6.45, 7) is 0.637. The van der Waals surface area contributed by atoms with Crippen molar-refractivity contribution in [3.63, 3.8) is 0 Å². The normalized spacial score (nSPS) is 19.1. The largest absolute Gasteiger partial charge is 0.480 e. The van der Waals surface area contributed by atoms with Crippen molar-refractivity contribution in [2.75, 3.05) is 19.3 Å². The molecule has 1 fully saturated rings. The Hall–Kier alpha value is -2.24. The molecular weight excluding hydrogens is 234 g/mol. The predicted octanol–water partition coefficient (Wildman–Crippen LogP) is -0.0228. The molecule has 1 aromatic rings. The highest BCUT2D eigenvalue weighted by atomic mass is 16.5. The van der Waals surface area contributed by atoms with Gasteiger partial charge in [0.25, 0.3) is 11.8 Å². The van der Waals surface area contributed by atoms with Crippen LogP contribution in [0.1, 0.15) is 16.8 Å². The molecule has 0 radical (unpaired) electrons. The Balaban J connectivity index is 2.25. The fourth-order valence-corrected chi connectivity index (χ4v) is 1.89. The molecule has 0 aromatic heterocycles. The van der Waals surface area contributed by atoms with Crippen LogP contribution in [0.15, 0.2) is 18.2 Å². The number of nitrogen functional groups attached to an aromatic ring is 1. The minimum atomic E-state index is -0.608. The number of hydrogen-bond acceptors (Lipinski definition) is 4. The van der Waals surface area contributed by atoms with Crippen molar-refractivity contribution in [1.82, 2.24) is 4.90 Å². The molecule has 1 unspecified atom stereocenters. The monoisotopic (exact) mass is 249 g/mol. The number of ether oxygens (including phenoxy) is 1. The van der Waals surface area contributed by atoms with E-state index in [4.69, 9.17) is 16.2 Å². The van der Waals surface area contributed by atoms with Crippen molar-refractivity contribution in [2.45, 2.75) is 12.5 Å². The smallest absolute Gasteiger partial charge is 0.263 e. The second-order valence-corrected chi connectivity index (χ2v) is 4.27. The van der Waals surface area contributed by atoms with E-state index in [2.05, 4.69) is 0 Å². The molecule has 96 valence electrons. The van der Waals surface area contributed by atoms with Crippen LogP contribution in [0, 0.1) is 0 Å². The van der Waals surface area contributed by atoms with Gasteiger partial charge in [-0.15, -0.1) is 0 Å². The predicted molar refractivity (Wildman–Crippen MR) is 66.0 cm³/mol. The first kappa shape index (κ1) is 12.2. The molecule has 2 amide bonds. The quantitative estimate of drug-likeness (QED) is 0.735. The summed E-state index contributed by atoms with van der Waals surface area (Å²) in [5.41, 5.74) is 11.6. The molecule has 0 spiro atoms. The maximum atomic E-state index is 11.7. The molecule has 1 aromatic carbocycles. The average molecular weight is 249 g/mol. The van der Waals surface area contributed by atoms with Crippen LogP contribution >= 0.6 is 0 Å². The van der Waals surface area contributed by atoms with Gasteiger partial charge in [0.05, 0.1) is 5.56 Å². The first-order valence-electron chi connectivity index (χ1n) is 5.60. The second-order valence-electron chi connectivity index (χ2n) is 4.27. The molecule has 18 heavy (non-hydrogen) atoms. The summed E-state index contributed by atoms with van der Waals surface area (Å²) in [6.07, 6.45) is 0.0115. The molecule has 2 rings (SSSR count). The number of likely N-dealkylation sites (tertiary alicyclic amines) is 1.